The van der Waals surface area contributed by atoms with Crippen LogP contribution in [0.2, 0.25) is 0 Å². The van der Waals surface area contributed by atoms with E-state index >= 15 is 0 Å². The molecule has 6 heteroatoms. The SMILES string of the molecule is COC(=O)NC(CC(CCSC)C(=O)OC)c1ccccc1. The number of benzene rings is 1. The first-order chi connectivity index (χ1) is 10.6. The minimum absolute atomic E-state index is 0.248. The van der Waals surface area contributed by atoms with E-state index in [1.807, 2.05) is 36.6 Å². The number of thioether (sulfide) groups is 1. The van der Waals surface area contributed by atoms with Crippen LogP contribution in [0.25, 0.3) is 0 Å². The molecule has 1 amide bonds. The number of hydrogen-bond acceptors (Lipinski definition) is 5. The van der Waals surface area contributed by atoms with Crippen molar-refractivity contribution in [1.29, 1.82) is 0 Å². The van der Waals surface area contributed by atoms with Gasteiger partial charge in [0.1, 0.15) is 0 Å². The highest BCUT2D eigenvalue weighted by atomic mass is 32.2. The third-order valence-electron chi connectivity index (χ3n) is 3.40. The van der Waals surface area contributed by atoms with Gasteiger partial charge in [-0.15, -0.1) is 0 Å². The van der Waals surface area contributed by atoms with Crippen LogP contribution in [-0.2, 0) is 14.3 Å². The number of alkyl carbamates (subject to hydrolysis) is 1. The molecule has 1 aromatic rings. The molecule has 0 saturated heterocycles. The molecular formula is C16H23NO4S. The highest BCUT2D eigenvalue weighted by molar-refractivity contribution is 7.98. The van der Waals surface area contributed by atoms with Gasteiger partial charge >= 0.3 is 12.1 Å². The summed E-state index contributed by atoms with van der Waals surface area (Å²) < 4.78 is 9.57. The number of ether oxygens (including phenoxy) is 2. The number of hydrogen-bond donors (Lipinski definition) is 1. The molecule has 2 atom stereocenters. The van der Waals surface area contributed by atoms with Crippen LogP contribution in [-0.4, -0.2) is 38.3 Å². The van der Waals surface area contributed by atoms with E-state index < -0.39 is 6.09 Å². The molecule has 0 spiro atoms. The van der Waals surface area contributed by atoms with Gasteiger partial charge in [0.15, 0.2) is 0 Å². The van der Waals surface area contributed by atoms with Crippen LogP contribution in [0.4, 0.5) is 4.79 Å². The Hall–Kier alpha value is -1.69. The molecule has 0 aromatic heterocycles. The Balaban J connectivity index is 2.88. The first-order valence-corrected chi connectivity index (χ1v) is 8.48. The van der Waals surface area contributed by atoms with Crippen LogP contribution in [0.1, 0.15) is 24.4 Å². The average molecular weight is 325 g/mol. The summed E-state index contributed by atoms with van der Waals surface area (Å²) >= 11 is 1.68. The number of amides is 1. The van der Waals surface area contributed by atoms with Crippen LogP contribution in [0.3, 0.4) is 0 Å². The van der Waals surface area contributed by atoms with Gasteiger partial charge in [0.05, 0.1) is 26.2 Å². The zero-order valence-corrected chi connectivity index (χ0v) is 14.0. The maximum Gasteiger partial charge on any atom is 0.407 e. The fourth-order valence-corrected chi connectivity index (χ4v) is 2.73. The summed E-state index contributed by atoms with van der Waals surface area (Å²) in [6.45, 7) is 0. The normalized spacial score (nSPS) is 13.0. The van der Waals surface area contributed by atoms with E-state index in [1.165, 1.54) is 14.2 Å². The van der Waals surface area contributed by atoms with Crippen molar-refractivity contribution in [1.82, 2.24) is 5.32 Å². The van der Waals surface area contributed by atoms with E-state index in [9.17, 15) is 9.59 Å². The predicted octanol–water partition coefficient (Wildman–Crippen LogP) is 3.02. The summed E-state index contributed by atoms with van der Waals surface area (Å²) in [7, 11) is 2.71. The number of nitrogens with one attached hydrogen (secondary N) is 1. The molecule has 1 N–H and O–H groups in total. The molecule has 0 fully saturated rings. The highest BCUT2D eigenvalue weighted by Crippen LogP contribution is 2.25. The standard InChI is InChI=1S/C16H23NO4S/c1-20-15(18)13(9-10-22-3)11-14(17-16(19)21-2)12-7-5-4-6-8-12/h4-8,13-14H,9-11H2,1-3H3,(H,17,19). The fraction of sp³-hybridized carbons (Fsp3) is 0.500. The molecular weight excluding hydrogens is 302 g/mol. The molecule has 0 radical (unpaired) electrons. The van der Waals surface area contributed by atoms with E-state index in [1.54, 1.807) is 11.8 Å². The molecule has 0 aliphatic rings. The van der Waals surface area contributed by atoms with Gasteiger partial charge in [-0.2, -0.15) is 11.8 Å². The molecule has 1 aromatic carbocycles. The van der Waals surface area contributed by atoms with E-state index in [4.69, 9.17) is 4.74 Å². The van der Waals surface area contributed by atoms with Gasteiger partial charge in [-0.3, -0.25) is 4.79 Å². The molecule has 0 bridgehead atoms. The molecule has 2 unspecified atom stereocenters. The van der Waals surface area contributed by atoms with Gasteiger partial charge in [0, 0.05) is 0 Å². The smallest absolute Gasteiger partial charge is 0.407 e. The van der Waals surface area contributed by atoms with Gasteiger partial charge in [0.25, 0.3) is 0 Å². The summed E-state index contributed by atoms with van der Waals surface area (Å²) in [5.74, 6) is 0.348. The second kappa shape index (κ2) is 10.1. The third kappa shape index (κ3) is 5.97. The van der Waals surface area contributed by atoms with Gasteiger partial charge in [0.2, 0.25) is 0 Å². The fourth-order valence-electron chi connectivity index (χ4n) is 2.21. The Kier molecular flexibility index (Phi) is 8.43. The second-order valence-electron chi connectivity index (χ2n) is 4.84. The van der Waals surface area contributed by atoms with Gasteiger partial charge in [-0.25, -0.2) is 4.79 Å². The average Bonchev–Trinajstić information content (AvgIpc) is 2.57. The zero-order valence-electron chi connectivity index (χ0n) is 13.2. The van der Waals surface area contributed by atoms with Crippen LogP contribution >= 0.6 is 11.8 Å². The van der Waals surface area contributed by atoms with E-state index in [0.29, 0.717) is 12.8 Å². The Morgan fingerprint density at radius 1 is 1.18 bits per heavy atom. The molecule has 0 saturated carbocycles. The number of methoxy groups -OCH3 is 2. The van der Waals surface area contributed by atoms with Crippen molar-refractivity contribution in [2.75, 3.05) is 26.2 Å². The topological polar surface area (TPSA) is 64.6 Å². The molecule has 0 aliphatic heterocycles. The lowest BCUT2D eigenvalue weighted by molar-refractivity contribution is -0.146. The van der Waals surface area contributed by atoms with Crippen molar-refractivity contribution in [2.45, 2.75) is 18.9 Å². The maximum absolute atomic E-state index is 12.0. The molecule has 0 aliphatic carbocycles. The quantitative estimate of drug-likeness (QED) is 0.744. The van der Waals surface area contributed by atoms with Crippen LogP contribution in [0.5, 0.6) is 0 Å². The molecule has 1 rings (SSSR count). The van der Waals surface area contributed by atoms with E-state index in [2.05, 4.69) is 10.1 Å². The second-order valence-corrected chi connectivity index (χ2v) is 5.82. The van der Waals surface area contributed by atoms with E-state index in [-0.39, 0.29) is 17.9 Å². The van der Waals surface area contributed by atoms with Crippen molar-refractivity contribution in [3.8, 4) is 0 Å². The summed E-state index contributed by atoms with van der Waals surface area (Å²) in [5, 5.41) is 2.79. The molecule has 22 heavy (non-hydrogen) atoms. The Bertz CT molecular complexity index is 466. The maximum atomic E-state index is 12.0. The monoisotopic (exact) mass is 325 g/mol. The van der Waals surface area contributed by atoms with Crippen molar-refractivity contribution < 1.29 is 19.1 Å². The Labute approximate surface area is 135 Å². The first kappa shape index (κ1) is 18.4. The number of esters is 1. The highest BCUT2D eigenvalue weighted by Gasteiger charge is 2.25. The van der Waals surface area contributed by atoms with Gasteiger partial charge in [-0.1, -0.05) is 30.3 Å². The molecule has 5 nitrogen and oxygen atoms in total. The Morgan fingerprint density at radius 2 is 1.86 bits per heavy atom. The van der Waals surface area contributed by atoms with Crippen molar-refractivity contribution in [2.24, 2.45) is 5.92 Å². The minimum atomic E-state index is -0.512. The third-order valence-corrected chi connectivity index (χ3v) is 4.05. The lowest BCUT2D eigenvalue weighted by atomic mass is 9.93. The summed E-state index contributed by atoms with van der Waals surface area (Å²) in [5.41, 5.74) is 0.936. The first-order valence-electron chi connectivity index (χ1n) is 7.08. The molecule has 0 heterocycles. The number of carbonyl (C=O) groups is 2. The summed E-state index contributed by atoms with van der Waals surface area (Å²) in [6.07, 6.45) is 2.67. The summed E-state index contributed by atoms with van der Waals surface area (Å²) in [6, 6.07) is 9.25. The predicted molar refractivity (Wildman–Crippen MR) is 87.8 cm³/mol. The van der Waals surface area contributed by atoms with Crippen molar-refractivity contribution in [3.63, 3.8) is 0 Å². The van der Waals surface area contributed by atoms with Crippen LogP contribution in [0.15, 0.2) is 30.3 Å². The Morgan fingerprint density at radius 3 is 2.41 bits per heavy atom. The number of carbonyl (C=O) groups excluding carboxylic acids is 2. The van der Waals surface area contributed by atoms with Crippen LogP contribution < -0.4 is 5.32 Å². The van der Waals surface area contributed by atoms with Crippen molar-refractivity contribution >= 4 is 23.8 Å². The van der Waals surface area contributed by atoms with Crippen molar-refractivity contribution in [3.05, 3.63) is 35.9 Å². The molecule has 122 valence electrons. The lowest BCUT2D eigenvalue weighted by Crippen LogP contribution is -2.32. The van der Waals surface area contributed by atoms with Gasteiger partial charge in [-0.05, 0) is 30.4 Å². The minimum Gasteiger partial charge on any atom is -0.469 e. The lowest BCUT2D eigenvalue weighted by Gasteiger charge is -2.23. The van der Waals surface area contributed by atoms with Gasteiger partial charge < -0.3 is 14.8 Å². The zero-order chi connectivity index (χ0) is 16.4. The summed E-state index contributed by atoms with van der Waals surface area (Å²) in [4.78, 5) is 23.5. The van der Waals surface area contributed by atoms with Crippen LogP contribution in [0, 0.1) is 5.92 Å². The van der Waals surface area contributed by atoms with E-state index in [0.717, 1.165) is 11.3 Å². The number of rotatable bonds is 8. The largest absolute Gasteiger partial charge is 0.469 e.